The summed E-state index contributed by atoms with van der Waals surface area (Å²) in [5.74, 6) is -1.54. The summed E-state index contributed by atoms with van der Waals surface area (Å²) in [6.07, 6.45) is -3.18. The van der Waals surface area contributed by atoms with Crippen molar-refractivity contribution in [2.24, 2.45) is 5.73 Å². The number of primary amides is 1. The summed E-state index contributed by atoms with van der Waals surface area (Å²) in [6.45, 7) is 1.86. The highest BCUT2D eigenvalue weighted by molar-refractivity contribution is 7.21. The molecule has 2 amide bonds. The van der Waals surface area contributed by atoms with Crippen LogP contribution in [0, 0.1) is 6.92 Å². The third-order valence-electron chi connectivity index (χ3n) is 6.80. The number of alkyl halides is 3. The van der Waals surface area contributed by atoms with Crippen LogP contribution in [0.3, 0.4) is 0 Å². The van der Waals surface area contributed by atoms with E-state index in [-0.39, 0.29) is 31.9 Å². The molecule has 0 atom stereocenters. The summed E-state index contributed by atoms with van der Waals surface area (Å²) in [4.78, 5) is 30.2. The predicted molar refractivity (Wildman–Crippen MR) is 160 cm³/mol. The number of hydrogen-bond donors (Lipinski definition) is 2. The standard InChI is InChI=1S/C32H22F3N5O2S/c1-18-12-14-19(15-13-18)22-16-24(32(33,34)35)37-31-25(22)27(28(43-31)29(36)41)38-30(42)23-17-40(21-10-6-3-7-11-21)39-26(23)20-8-4-2-5-9-20/h2-17H,1H3,(H2,36,41)(H,38,42). The van der Waals surface area contributed by atoms with E-state index in [1.165, 1.54) is 0 Å². The lowest BCUT2D eigenvalue weighted by molar-refractivity contribution is -0.140. The number of nitrogens with one attached hydrogen (secondary N) is 1. The minimum atomic E-state index is -4.75. The van der Waals surface area contributed by atoms with E-state index in [1.54, 1.807) is 47.3 Å². The molecule has 0 aliphatic heterocycles. The fourth-order valence-electron chi connectivity index (χ4n) is 4.74. The van der Waals surface area contributed by atoms with Gasteiger partial charge in [0.1, 0.15) is 21.1 Å². The lowest BCUT2D eigenvalue weighted by atomic mass is 10.00. The molecule has 43 heavy (non-hydrogen) atoms. The number of aryl methyl sites for hydroxylation is 1. The van der Waals surface area contributed by atoms with Crippen molar-refractivity contribution in [3.63, 3.8) is 0 Å². The Labute approximate surface area is 247 Å². The molecule has 3 heterocycles. The Hall–Kier alpha value is -5.29. The molecule has 0 unspecified atom stereocenters. The smallest absolute Gasteiger partial charge is 0.365 e. The molecule has 3 aromatic carbocycles. The first-order valence-electron chi connectivity index (χ1n) is 13.0. The molecule has 7 nitrogen and oxygen atoms in total. The highest BCUT2D eigenvalue weighted by atomic mass is 32.1. The van der Waals surface area contributed by atoms with Crippen LogP contribution in [0.25, 0.3) is 38.3 Å². The van der Waals surface area contributed by atoms with E-state index in [4.69, 9.17) is 5.73 Å². The molecule has 3 N–H and O–H groups in total. The van der Waals surface area contributed by atoms with Gasteiger partial charge in [-0.3, -0.25) is 9.59 Å². The van der Waals surface area contributed by atoms with Gasteiger partial charge >= 0.3 is 6.18 Å². The lowest BCUT2D eigenvalue weighted by Gasteiger charge is -2.13. The highest BCUT2D eigenvalue weighted by Gasteiger charge is 2.35. The van der Waals surface area contributed by atoms with Crippen LogP contribution in [0.1, 0.15) is 31.3 Å². The number of fused-ring (bicyclic) bond motifs is 1. The van der Waals surface area contributed by atoms with E-state index in [9.17, 15) is 22.8 Å². The fourth-order valence-corrected chi connectivity index (χ4v) is 5.75. The molecule has 0 bridgehead atoms. The number of amides is 2. The van der Waals surface area contributed by atoms with Crippen molar-refractivity contribution in [1.82, 2.24) is 14.8 Å². The summed E-state index contributed by atoms with van der Waals surface area (Å²) >= 11 is 0.693. The Morgan fingerprint density at radius 2 is 1.56 bits per heavy atom. The van der Waals surface area contributed by atoms with Gasteiger partial charge in [0.15, 0.2) is 0 Å². The van der Waals surface area contributed by atoms with E-state index < -0.39 is 23.7 Å². The van der Waals surface area contributed by atoms with Gasteiger partial charge in [0.25, 0.3) is 11.8 Å². The highest BCUT2D eigenvalue weighted by Crippen LogP contribution is 2.44. The van der Waals surface area contributed by atoms with Crippen LogP contribution in [-0.2, 0) is 6.18 Å². The predicted octanol–water partition coefficient (Wildman–Crippen LogP) is 7.49. The average Bonchev–Trinajstić information content (AvgIpc) is 3.61. The number of rotatable bonds is 6. The van der Waals surface area contributed by atoms with Gasteiger partial charge < -0.3 is 11.1 Å². The molecule has 0 spiro atoms. The van der Waals surface area contributed by atoms with Gasteiger partial charge in [-0.25, -0.2) is 9.67 Å². The van der Waals surface area contributed by atoms with Crippen molar-refractivity contribution in [3.8, 4) is 28.1 Å². The monoisotopic (exact) mass is 597 g/mol. The van der Waals surface area contributed by atoms with Crippen molar-refractivity contribution >= 4 is 39.1 Å². The first-order chi connectivity index (χ1) is 20.6. The largest absolute Gasteiger partial charge is 0.433 e. The average molecular weight is 598 g/mol. The van der Waals surface area contributed by atoms with Gasteiger partial charge in [-0.15, -0.1) is 11.3 Å². The number of benzene rings is 3. The van der Waals surface area contributed by atoms with E-state index in [1.807, 2.05) is 55.5 Å². The lowest BCUT2D eigenvalue weighted by Crippen LogP contribution is -2.17. The van der Waals surface area contributed by atoms with Crippen LogP contribution >= 0.6 is 11.3 Å². The van der Waals surface area contributed by atoms with Gasteiger partial charge in [0.2, 0.25) is 0 Å². The van der Waals surface area contributed by atoms with Gasteiger partial charge in [0.05, 0.1) is 16.9 Å². The second-order valence-corrected chi connectivity index (χ2v) is 10.8. The zero-order valence-corrected chi connectivity index (χ0v) is 23.3. The number of para-hydroxylation sites is 1. The zero-order chi connectivity index (χ0) is 30.3. The molecule has 6 rings (SSSR count). The van der Waals surface area contributed by atoms with E-state index >= 15 is 0 Å². The molecule has 0 saturated carbocycles. The molecular formula is C32H22F3N5O2S. The number of pyridine rings is 1. The molecular weight excluding hydrogens is 575 g/mol. The third-order valence-corrected chi connectivity index (χ3v) is 7.90. The van der Waals surface area contributed by atoms with Crippen LogP contribution in [0.2, 0.25) is 0 Å². The van der Waals surface area contributed by atoms with Crippen LogP contribution in [0.5, 0.6) is 0 Å². The number of thiophene rings is 1. The zero-order valence-electron chi connectivity index (χ0n) is 22.5. The molecule has 3 aromatic heterocycles. The van der Waals surface area contributed by atoms with Crippen molar-refractivity contribution < 1.29 is 22.8 Å². The third kappa shape index (κ3) is 5.38. The Morgan fingerprint density at radius 1 is 0.907 bits per heavy atom. The number of hydrogen-bond acceptors (Lipinski definition) is 5. The summed E-state index contributed by atoms with van der Waals surface area (Å²) in [6, 6.07) is 26.1. The molecule has 214 valence electrons. The minimum Gasteiger partial charge on any atom is -0.365 e. The fraction of sp³-hybridized carbons (Fsp3) is 0.0625. The minimum absolute atomic E-state index is 0.0132. The van der Waals surface area contributed by atoms with Crippen LogP contribution in [0.4, 0.5) is 18.9 Å². The van der Waals surface area contributed by atoms with E-state index in [2.05, 4.69) is 15.4 Å². The normalized spacial score (nSPS) is 11.5. The van der Waals surface area contributed by atoms with Crippen molar-refractivity contribution in [3.05, 3.63) is 119 Å². The Balaban J connectivity index is 1.54. The van der Waals surface area contributed by atoms with E-state index in [0.717, 1.165) is 11.6 Å². The number of aromatic nitrogens is 3. The molecule has 11 heteroatoms. The number of carbonyl (C=O) groups is 2. The van der Waals surface area contributed by atoms with Gasteiger partial charge in [-0.2, -0.15) is 18.3 Å². The van der Waals surface area contributed by atoms with Crippen molar-refractivity contribution in [2.45, 2.75) is 13.1 Å². The maximum absolute atomic E-state index is 14.0. The maximum atomic E-state index is 14.0. The quantitative estimate of drug-likeness (QED) is 0.208. The first kappa shape index (κ1) is 27.9. The number of anilines is 1. The SMILES string of the molecule is Cc1ccc(-c2cc(C(F)(F)F)nc3sc(C(N)=O)c(NC(=O)c4cn(-c5ccccc5)nc4-c4ccccc4)c23)cc1. The van der Waals surface area contributed by atoms with Crippen molar-refractivity contribution in [1.29, 1.82) is 0 Å². The number of nitrogens with two attached hydrogens (primary N) is 1. The number of carbonyl (C=O) groups excluding carboxylic acids is 2. The van der Waals surface area contributed by atoms with E-state index in [0.29, 0.717) is 33.8 Å². The van der Waals surface area contributed by atoms with Gasteiger partial charge in [-0.1, -0.05) is 78.4 Å². The van der Waals surface area contributed by atoms with Crippen LogP contribution < -0.4 is 11.1 Å². The second kappa shape index (κ2) is 10.8. The molecule has 0 radical (unpaired) electrons. The molecule has 0 fully saturated rings. The molecule has 0 saturated heterocycles. The van der Waals surface area contributed by atoms with Crippen LogP contribution in [0.15, 0.2) is 97.2 Å². The number of halogens is 3. The first-order valence-corrected chi connectivity index (χ1v) is 13.9. The molecule has 0 aliphatic carbocycles. The summed E-state index contributed by atoms with van der Waals surface area (Å²) < 4.78 is 43.2. The number of nitrogens with zero attached hydrogens (tertiary/aromatic N) is 3. The Morgan fingerprint density at radius 3 is 2.19 bits per heavy atom. The summed E-state index contributed by atoms with van der Waals surface area (Å²) in [5, 5.41) is 7.63. The summed E-state index contributed by atoms with van der Waals surface area (Å²) in [7, 11) is 0. The Kier molecular flexibility index (Phi) is 7.02. The van der Waals surface area contributed by atoms with Gasteiger partial charge in [-0.05, 0) is 36.2 Å². The summed E-state index contributed by atoms with van der Waals surface area (Å²) in [5.41, 5.74) is 7.99. The molecule has 6 aromatic rings. The Bertz CT molecular complexity index is 1980. The van der Waals surface area contributed by atoms with Gasteiger partial charge in [0, 0.05) is 17.1 Å². The van der Waals surface area contributed by atoms with Crippen LogP contribution in [-0.4, -0.2) is 26.6 Å². The maximum Gasteiger partial charge on any atom is 0.433 e. The molecule has 0 aliphatic rings. The topological polar surface area (TPSA) is 103 Å². The second-order valence-electron chi connectivity index (χ2n) is 9.76. The van der Waals surface area contributed by atoms with Crippen molar-refractivity contribution in [2.75, 3.05) is 5.32 Å².